The third-order valence-electron chi connectivity index (χ3n) is 4.77. The van der Waals surface area contributed by atoms with Crippen molar-refractivity contribution in [1.82, 2.24) is 10.2 Å². The fraction of sp³-hybridized carbons (Fsp3) is 0.333. The molecule has 0 radical (unpaired) electrons. The largest absolute Gasteiger partial charge is 0.354 e. The van der Waals surface area contributed by atoms with Crippen molar-refractivity contribution < 1.29 is 14.0 Å². The highest BCUT2D eigenvalue weighted by atomic mass is 19.1. The summed E-state index contributed by atoms with van der Waals surface area (Å²) >= 11 is 0. The highest BCUT2D eigenvalue weighted by molar-refractivity contribution is 5.82. The first kappa shape index (κ1) is 18.1. The molecule has 1 heterocycles. The van der Waals surface area contributed by atoms with Crippen molar-refractivity contribution in [2.24, 2.45) is 5.92 Å². The van der Waals surface area contributed by atoms with Crippen LogP contribution in [0.2, 0.25) is 0 Å². The van der Waals surface area contributed by atoms with E-state index in [1.807, 2.05) is 37.3 Å². The average molecular weight is 354 g/mol. The zero-order valence-electron chi connectivity index (χ0n) is 14.9. The highest BCUT2D eigenvalue weighted by Gasteiger charge is 2.27. The summed E-state index contributed by atoms with van der Waals surface area (Å²) in [6.07, 6.45) is 0.995. The number of carbonyl (C=O) groups is 2. The summed E-state index contributed by atoms with van der Waals surface area (Å²) in [7, 11) is 0. The second-order valence-electron chi connectivity index (χ2n) is 6.56. The van der Waals surface area contributed by atoms with Gasteiger partial charge >= 0.3 is 0 Å². The highest BCUT2D eigenvalue weighted by Crippen LogP contribution is 2.24. The van der Waals surface area contributed by atoms with Gasteiger partial charge in [-0.2, -0.15) is 0 Å². The first-order chi connectivity index (χ1) is 12.6. The van der Waals surface area contributed by atoms with E-state index >= 15 is 0 Å². The summed E-state index contributed by atoms with van der Waals surface area (Å²) in [5.41, 5.74) is 2.36. The average Bonchev–Trinajstić information content (AvgIpc) is 2.84. The summed E-state index contributed by atoms with van der Waals surface area (Å²) in [6, 6.07) is 14.3. The van der Waals surface area contributed by atoms with Crippen molar-refractivity contribution in [3.05, 3.63) is 59.9 Å². The van der Waals surface area contributed by atoms with E-state index in [9.17, 15) is 14.0 Å². The van der Waals surface area contributed by atoms with E-state index in [1.54, 1.807) is 17.0 Å². The number of nitrogens with zero attached hydrogens (tertiary/aromatic N) is 1. The van der Waals surface area contributed by atoms with Crippen LogP contribution >= 0.6 is 0 Å². The molecule has 136 valence electrons. The molecule has 1 unspecified atom stereocenters. The van der Waals surface area contributed by atoms with Crippen LogP contribution in [0.5, 0.6) is 0 Å². The van der Waals surface area contributed by atoms with Crippen LogP contribution in [0.1, 0.15) is 18.9 Å². The van der Waals surface area contributed by atoms with E-state index in [1.165, 1.54) is 6.07 Å². The maximum Gasteiger partial charge on any atom is 0.225 e. The molecule has 1 aliphatic rings. The van der Waals surface area contributed by atoms with Crippen LogP contribution in [-0.4, -0.2) is 36.3 Å². The Labute approximate surface area is 153 Å². The zero-order chi connectivity index (χ0) is 18.5. The van der Waals surface area contributed by atoms with Gasteiger partial charge in [0, 0.05) is 31.6 Å². The van der Waals surface area contributed by atoms with Gasteiger partial charge in [0.05, 0.1) is 5.92 Å². The first-order valence-corrected chi connectivity index (χ1v) is 8.97. The molecule has 0 saturated carbocycles. The van der Waals surface area contributed by atoms with E-state index in [2.05, 4.69) is 5.32 Å². The van der Waals surface area contributed by atoms with Gasteiger partial charge < -0.3 is 10.2 Å². The van der Waals surface area contributed by atoms with Crippen LogP contribution in [0, 0.1) is 11.7 Å². The molecule has 1 atom stereocenters. The number of rotatable bonds is 4. The molecule has 1 fully saturated rings. The topological polar surface area (TPSA) is 49.4 Å². The summed E-state index contributed by atoms with van der Waals surface area (Å²) < 4.78 is 13.9. The van der Waals surface area contributed by atoms with Crippen LogP contribution in [-0.2, 0) is 16.0 Å². The number of hydrogen-bond acceptors (Lipinski definition) is 2. The molecule has 4 nitrogen and oxygen atoms in total. The van der Waals surface area contributed by atoms with E-state index in [0.29, 0.717) is 38.0 Å². The predicted molar refractivity (Wildman–Crippen MR) is 98.9 cm³/mol. The molecule has 3 rings (SSSR count). The van der Waals surface area contributed by atoms with Gasteiger partial charge in [-0.15, -0.1) is 0 Å². The molecule has 1 saturated heterocycles. The quantitative estimate of drug-likeness (QED) is 0.918. The normalized spacial score (nSPS) is 17.5. The van der Waals surface area contributed by atoms with Crippen molar-refractivity contribution in [2.75, 3.05) is 19.6 Å². The lowest BCUT2D eigenvalue weighted by Gasteiger charge is -2.22. The van der Waals surface area contributed by atoms with Crippen molar-refractivity contribution in [3.63, 3.8) is 0 Å². The lowest BCUT2D eigenvalue weighted by molar-refractivity contribution is -0.131. The molecular weight excluding hydrogens is 331 g/mol. The first-order valence-electron chi connectivity index (χ1n) is 8.97. The second kappa shape index (κ2) is 8.13. The van der Waals surface area contributed by atoms with Crippen LogP contribution < -0.4 is 5.32 Å². The third kappa shape index (κ3) is 4.10. The Balaban J connectivity index is 1.74. The number of benzene rings is 2. The minimum absolute atomic E-state index is 0.0189. The van der Waals surface area contributed by atoms with Crippen molar-refractivity contribution in [3.8, 4) is 11.1 Å². The Morgan fingerprint density at radius 3 is 2.62 bits per heavy atom. The van der Waals surface area contributed by atoms with Gasteiger partial charge in [-0.1, -0.05) is 49.4 Å². The van der Waals surface area contributed by atoms with E-state index in [-0.39, 0.29) is 23.5 Å². The molecule has 0 bridgehead atoms. The maximum absolute atomic E-state index is 13.9. The van der Waals surface area contributed by atoms with Crippen LogP contribution in [0.3, 0.4) is 0 Å². The minimum atomic E-state index is -0.271. The van der Waals surface area contributed by atoms with Gasteiger partial charge in [0.2, 0.25) is 11.8 Å². The number of nitrogens with one attached hydrogen (secondary N) is 1. The lowest BCUT2D eigenvalue weighted by Crippen LogP contribution is -2.36. The predicted octanol–water partition coefficient (Wildman–Crippen LogP) is 3.02. The molecule has 0 aromatic heterocycles. The van der Waals surface area contributed by atoms with E-state index in [0.717, 1.165) is 11.1 Å². The van der Waals surface area contributed by atoms with Gasteiger partial charge in [-0.25, -0.2) is 4.39 Å². The zero-order valence-corrected chi connectivity index (χ0v) is 14.9. The standard InChI is InChI=1S/C21H23FN2O2/c1-2-20(25)24-12-11-23-21(26)17(14-24)13-15-7-9-16(10-8-15)18-5-3-4-6-19(18)22/h3-10,17H,2,11-14H2,1H3,(H,23,26). The Bertz CT molecular complexity index is 789. The summed E-state index contributed by atoms with van der Waals surface area (Å²) in [5, 5.41) is 2.89. The molecular formula is C21H23FN2O2. The number of carbonyl (C=O) groups excluding carboxylic acids is 2. The van der Waals surface area contributed by atoms with Gasteiger partial charge in [0.15, 0.2) is 0 Å². The lowest BCUT2D eigenvalue weighted by atomic mass is 9.96. The van der Waals surface area contributed by atoms with Crippen LogP contribution in [0.4, 0.5) is 4.39 Å². The molecule has 2 amide bonds. The fourth-order valence-corrected chi connectivity index (χ4v) is 3.31. The van der Waals surface area contributed by atoms with Gasteiger partial charge in [0.25, 0.3) is 0 Å². The van der Waals surface area contributed by atoms with Crippen molar-refractivity contribution >= 4 is 11.8 Å². The van der Waals surface area contributed by atoms with Crippen LogP contribution in [0.25, 0.3) is 11.1 Å². The molecule has 26 heavy (non-hydrogen) atoms. The number of hydrogen-bond donors (Lipinski definition) is 1. The molecule has 0 aliphatic carbocycles. The van der Waals surface area contributed by atoms with E-state index < -0.39 is 0 Å². The summed E-state index contributed by atoms with van der Waals surface area (Å²) in [4.78, 5) is 26.1. The van der Waals surface area contributed by atoms with E-state index in [4.69, 9.17) is 0 Å². The van der Waals surface area contributed by atoms with Gasteiger partial charge in [0.1, 0.15) is 5.82 Å². The van der Waals surface area contributed by atoms with Gasteiger partial charge in [-0.3, -0.25) is 9.59 Å². The Kier molecular flexibility index (Phi) is 5.66. The Morgan fingerprint density at radius 2 is 1.92 bits per heavy atom. The molecule has 2 aromatic rings. The van der Waals surface area contributed by atoms with Gasteiger partial charge in [-0.05, 0) is 23.6 Å². The maximum atomic E-state index is 13.9. The summed E-state index contributed by atoms with van der Waals surface area (Å²) in [6.45, 7) is 3.32. The number of amides is 2. The number of halogens is 1. The minimum Gasteiger partial charge on any atom is -0.354 e. The van der Waals surface area contributed by atoms with Crippen molar-refractivity contribution in [1.29, 1.82) is 0 Å². The summed E-state index contributed by atoms with van der Waals surface area (Å²) in [5.74, 6) is -0.472. The molecule has 2 aromatic carbocycles. The molecule has 5 heteroatoms. The Hall–Kier alpha value is -2.69. The Morgan fingerprint density at radius 1 is 1.19 bits per heavy atom. The second-order valence-corrected chi connectivity index (χ2v) is 6.56. The third-order valence-corrected chi connectivity index (χ3v) is 4.77. The SMILES string of the molecule is CCC(=O)N1CCNC(=O)C(Cc2ccc(-c3ccccc3F)cc2)C1. The molecule has 1 N–H and O–H groups in total. The smallest absolute Gasteiger partial charge is 0.225 e. The molecule has 1 aliphatic heterocycles. The monoisotopic (exact) mass is 354 g/mol. The fourth-order valence-electron chi connectivity index (χ4n) is 3.31. The molecule has 0 spiro atoms. The van der Waals surface area contributed by atoms with Crippen LogP contribution in [0.15, 0.2) is 48.5 Å². The van der Waals surface area contributed by atoms with Crippen molar-refractivity contribution in [2.45, 2.75) is 19.8 Å².